The standard InChI is InChI=1S/C19H22N4O3/c24-18-12-26-19(14-23(18)17-5-1-2-7-21-17)13-22(8-9-25-15-19)11-16-4-3-6-20-10-16/h1-7,10H,8-9,11-15H2/t19-/m1/s1. The van der Waals surface area contributed by atoms with Gasteiger partial charge in [0.2, 0.25) is 0 Å². The van der Waals surface area contributed by atoms with E-state index in [0.29, 0.717) is 32.1 Å². The first-order valence-electron chi connectivity index (χ1n) is 8.79. The zero-order valence-electron chi connectivity index (χ0n) is 14.6. The maximum atomic E-state index is 12.4. The summed E-state index contributed by atoms with van der Waals surface area (Å²) in [6, 6.07) is 9.58. The number of carbonyl (C=O) groups excluding carboxylic acids is 1. The number of amides is 1. The number of hydrogen-bond acceptors (Lipinski definition) is 6. The minimum Gasteiger partial charge on any atom is -0.377 e. The van der Waals surface area contributed by atoms with E-state index >= 15 is 0 Å². The van der Waals surface area contributed by atoms with Gasteiger partial charge in [-0.3, -0.25) is 19.6 Å². The van der Waals surface area contributed by atoms with E-state index in [1.165, 1.54) is 0 Å². The molecular weight excluding hydrogens is 332 g/mol. The van der Waals surface area contributed by atoms with Gasteiger partial charge in [0.1, 0.15) is 18.0 Å². The smallest absolute Gasteiger partial charge is 0.254 e. The Labute approximate surface area is 152 Å². The lowest BCUT2D eigenvalue weighted by molar-refractivity contribution is -0.146. The summed E-state index contributed by atoms with van der Waals surface area (Å²) in [5, 5.41) is 0. The van der Waals surface area contributed by atoms with Crippen LogP contribution in [0.1, 0.15) is 5.56 Å². The summed E-state index contributed by atoms with van der Waals surface area (Å²) in [4.78, 5) is 24.9. The number of aromatic nitrogens is 2. The molecule has 0 aliphatic carbocycles. The molecule has 136 valence electrons. The van der Waals surface area contributed by atoms with Crippen LogP contribution in [0.25, 0.3) is 0 Å². The molecular formula is C19H22N4O3. The zero-order chi connectivity index (χ0) is 17.8. The Bertz CT molecular complexity index is 743. The van der Waals surface area contributed by atoms with Gasteiger partial charge in [-0.1, -0.05) is 12.1 Å². The SMILES string of the molecule is O=C1CO[C@@]2(COCCN(Cc3cccnc3)C2)CN1c1ccccn1. The summed E-state index contributed by atoms with van der Waals surface area (Å²) in [5.41, 5.74) is 0.599. The van der Waals surface area contributed by atoms with Crippen molar-refractivity contribution in [1.82, 2.24) is 14.9 Å². The second-order valence-corrected chi connectivity index (χ2v) is 6.76. The van der Waals surface area contributed by atoms with Crippen LogP contribution in [0.4, 0.5) is 5.82 Å². The largest absolute Gasteiger partial charge is 0.377 e. The highest BCUT2D eigenvalue weighted by molar-refractivity contribution is 5.94. The van der Waals surface area contributed by atoms with E-state index in [2.05, 4.69) is 20.9 Å². The molecule has 1 amide bonds. The van der Waals surface area contributed by atoms with Gasteiger partial charge in [-0.25, -0.2) is 4.98 Å². The molecule has 1 spiro atoms. The Morgan fingerprint density at radius 1 is 1.15 bits per heavy atom. The van der Waals surface area contributed by atoms with Crippen molar-refractivity contribution in [2.45, 2.75) is 12.1 Å². The first-order chi connectivity index (χ1) is 12.7. The molecule has 2 saturated heterocycles. The van der Waals surface area contributed by atoms with Crippen molar-refractivity contribution in [3.8, 4) is 0 Å². The number of hydrogen-bond donors (Lipinski definition) is 0. The minimum absolute atomic E-state index is 0.0423. The molecule has 2 aromatic heterocycles. The summed E-state index contributed by atoms with van der Waals surface area (Å²) < 4.78 is 11.9. The van der Waals surface area contributed by atoms with Gasteiger partial charge < -0.3 is 9.47 Å². The molecule has 0 aromatic carbocycles. The molecule has 1 atom stereocenters. The predicted molar refractivity (Wildman–Crippen MR) is 95.6 cm³/mol. The molecule has 0 unspecified atom stereocenters. The molecule has 4 rings (SSSR count). The third-order valence-electron chi connectivity index (χ3n) is 4.73. The monoisotopic (exact) mass is 354 g/mol. The first-order valence-corrected chi connectivity index (χ1v) is 8.79. The van der Waals surface area contributed by atoms with E-state index in [-0.39, 0.29) is 12.5 Å². The predicted octanol–water partition coefficient (Wildman–Crippen LogP) is 1.11. The fourth-order valence-corrected chi connectivity index (χ4v) is 3.49. The number of carbonyl (C=O) groups is 1. The molecule has 2 fully saturated rings. The summed E-state index contributed by atoms with van der Waals surface area (Å²) in [7, 11) is 0. The van der Waals surface area contributed by atoms with E-state index in [0.717, 1.165) is 18.7 Å². The van der Waals surface area contributed by atoms with Crippen molar-refractivity contribution < 1.29 is 14.3 Å². The van der Waals surface area contributed by atoms with Crippen molar-refractivity contribution in [2.75, 3.05) is 44.4 Å². The van der Waals surface area contributed by atoms with E-state index in [1.807, 2.05) is 30.5 Å². The lowest BCUT2D eigenvalue weighted by atomic mass is 10.0. The van der Waals surface area contributed by atoms with Gasteiger partial charge in [0.15, 0.2) is 0 Å². The second-order valence-electron chi connectivity index (χ2n) is 6.76. The Kier molecular flexibility index (Phi) is 4.92. The van der Waals surface area contributed by atoms with E-state index in [4.69, 9.17) is 9.47 Å². The zero-order valence-corrected chi connectivity index (χ0v) is 14.6. The van der Waals surface area contributed by atoms with Gasteiger partial charge in [-0.05, 0) is 23.8 Å². The molecule has 2 aliphatic rings. The quantitative estimate of drug-likeness (QED) is 0.823. The van der Waals surface area contributed by atoms with Crippen molar-refractivity contribution in [2.24, 2.45) is 0 Å². The van der Waals surface area contributed by atoms with E-state index in [9.17, 15) is 4.79 Å². The molecule has 4 heterocycles. The van der Waals surface area contributed by atoms with Crippen molar-refractivity contribution >= 4 is 11.7 Å². The van der Waals surface area contributed by atoms with Gasteiger partial charge in [-0.15, -0.1) is 0 Å². The maximum Gasteiger partial charge on any atom is 0.254 e. The number of nitrogens with zero attached hydrogens (tertiary/aromatic N) is 4. The lowest BCUT2D eigenvalue weighted by Gasteiger charge is -2.42. The third-order valence-corrected chi connectivity index (χ3v) is 4.73. The summed E-state index contributed by atoms with van der Waals surface area (Å²) in [6.45, 7) is 3.87. The molecule has 2 aliphatic heterocycles. The minimum atomic E-state index is -0.551. The number of pyridine rings is 2. The van der Waals surface area contributed by atoms with Crippen molar-refractivity contribution in [3.63, 3.8) is 0 Å². The summed E-state index contributed by atoms with van der Waals surface area (Å²) in [6.07, 6.45) is 5.35. The second kappa shape index (κ2) is 7.49. The highest BCUT2D eigenvalue weighted by atomic mass is 16.6. The number of morpholine rings is 1. The van der Waals surface area contributed by atoms with Gasteiger partial charge in [0, 0.05) is 38.2 Å². The van der Waals surface area contributed by atoms with Crippen LogP contribution >= 0.6 is 0 Å². The van der Waals surface area contributed by atoms with Gasteiger partial charge >= 0.3 is 0 Å². The van der Waals surface area contributed by atoms with Crippen LogP contribution in [0.15, 0.2) is 48.9 Å². The average molecular weight is 354 g/mol. The van der Waals surface area contributed by atoms with Crippen LogP contribution in [0.3, 0.4) is 0 Å². The topological polar surface area (TPSA) is 67.8 Å². The van der Waals surface area contributed by atoms with Gasteiger partial charge in [0.25, 0.3) is 5.91 Å². The number of ether oxygens (including phenoxy) is 2. The molecule has 2 aromatic rings. The molecule has 0 bridgehead atoms. The van der Waals surface area contributed by atoms with Crippen LogP contribution in [-0.4, -0.2) is 65.8 Å². The van der Waals surface area contributed by atoms with Gasteiger partial charge in [-0.2, -0.15) is 0 Å². The van der Waals surface area contributed by atoms with Crippen molar-refractivity contribution in [1.29, 1.82) is 0 Å². The Balaban J connectivity index is 1.53. The van der Waals surface area contributed by atoms with Crippen LogP contribution in [0.5, 0.6) is 0 Å². The Morgan fingerprint density at radius 3 is 2.92 bits per heavy atom. The molecule has 26 heavy (non-hydrogen) atoms. The molecule has 7 heteroatoms. The van der Waals surface area contributed by atoms with Crippen molar-refractivity contribution in [3.05, 3.63) is 54.5 Å². The van der Waals surface area contributed by atoms with E-state index in [1.54, 1.807) is 17.3 Å². The molecule has 0 radical (unpaired) electrons. The fourth-order valence-electron chi connectivity index (χ4n) is 3.49. The summed E-state index contributed by atoms with van der Waals surface area (Å²) in [5.74, 6) is 0.584. The van der Waals surface area contributed by atoms with Crippen LogP contribution in [-0.2, 0) is 20.8 Å². The lowest BCUT2D eigenvalue weighted by Crippen LogP contribution is -2.60. The average Bonchev–Trinajstić information content (AvgIpc) is 2.88. The van der Waals surface area contributed by atoms with Crippen LogP contribution in [0.2, 0.25) is 0 Å². The third kappa shape index (κ3) is 3.75. The molecule has 0 saturated carbocycles. The highest BCUT2D eigenvalue weighted by Crippen LogP contribution is 2.26. The number of anilines is 1. The molecule has 7 nitrogen and oxygen atoms in total. The first kappa shape index (κ1) is 17.1. The normalized spacial score (nSPS) is 24.6. The number of rotatable bonds is 3. The van der Waals surface area contributed by atoms with E-state index < -0.39 is 5.60 Å². The van der Waals surface area contributed by atoms with Gasteiger partial charge in [0.05, 0.1) is 19.8 Å². The Hall–Kier alpha value is -2.35. The fraction of sp³-hybridized carbons (Fsp3) is 0.421. The molecule has 0 N–H and O–H groups in total. The maximum absolute atomic E-state index is 12.4. The van der Waals surface area contributed by atoms with Crippen LogP contribution < -0.4 is 4.90 Å². The van der Waals surface area contributed by atoms with Crippen LogP contribution in [0, 0.1) is 0 Å². The summed E-state index contributed by atoms with van der Waals surface area (Å²) >= 11 is 0. The Morgan fingerprint density at radius 2 is 2.12 bits per heavy atom. The highest BCUT2D eigenvalue weighted by Gasteiger charge is 2.43.